The highest BCUT2D eigenvalue weighted by atomic mass is 19.3. The van der Waals surface area contributed by atoms with Gasteiger partial charge >= 0.3 is 6.61 Å². The minimum Gasteiger partial charge on any atom is -0.494 e. The summed E-state index contributed by atoms with van der Waals surface area (Å²) in [6.07, 6.45) is 0. The minimum absolute atomic E-state index is 0.0520. The van der Waals surface area contributed by atoms with Crippen LogP contribution in [-0.2, 0) is 16.2 Å². The Labute approximate surface area is 179 Å². The van der Waals surface area contributed by atoms with Crippen LogP contribution < -0.4 is 19.9 Å². The van der Waals surface area contributed by atoms with Crippen LogP contribution in [0.25, 0.3) is 0 Å². The predicted octanol–water partition coefficient (Wildman–Crippen LogP) is 2.99. The Bertz CT molecular complexity index is 891. The van der Waals surface area contributed by atoms with Gasteiger partial charge in [-0.25, -0.2) is 0 Å². The second kappa shape index (κ2) is 11.6. The van der Waals surface area contributed by atoms with Crippen molar-refractivity contribution >= 4 is 11.7 Å². The monoisotopic (exact) mass is 437 g/mol. The highest BCUT2D eigenvalue weighted by Crippen LogP contribution is 2.29. The summed E-state index contributed by atoms with van der Waals surface area (Å²) in [7, 11) is 2.95. The van der Waals surface area contributed by atoms with E-state index in [2.05, 4.69) is 9.89 Å². The summed E-state index contributed by atoms with van der Waals surface area (Å²) in [6, 6.07) is 11.5. The second-order valence-corrected chi connectivity index (χ2v) is 6.32. The average molecular weight is 437 g/mol. The lowest BCUT2D eigenvalue weighted by atomic mass is 10.2. The topological polar surface area (TPSA) is 95.6 Å². The van der Waals surface area contributed by atoms with Crippen molar-refractivity contribution in [3.05, 3.63) is 53.6 Å². The molecule has 0 aromatic heterocycles. The lowest BCUT2D eigenvalue weighted by Gasteiger charge is -2.17. The maximum absolute atomic E-state index is 12.4. The van der Waals surface area contributed by atoms with Crippen LogP contribution >= 0.6 is 0 Å². The highest BCUT2D eigenvalue weighted by molar-refractivity contribution is 5.97. The second-order valence-electron chi connectivity index (χ2n) is 6.32. The molecule has 2 aromatic rings. The molecular formula is C21H25F2N3O5. The number of rotatable bonds is 11. The molecule has 0 spiro atoms. The Morgan fingerprint density at radius 2 is 1.87 bits per heavy atom. The van der Waals surface area contributed by atoms with E-state index in [-0.39, 0.29) is 29.8 Å². The first kappa shape index (κ1) is 23.7. The summed E-state index contributed by atoms with van der Waals surface area (Å²) in [5, 5.41) is 3.71. The zero-order valence-electron chi connectivity index (χ0n) is 17.5. The van der Waals surface area contributed by atoms with E-state index in [9.17, 15) is 13.6 Å². The molecule has 0 aliphatic heterocycles. The first-order valence-corrected chi connectivity index (χ1v) is 9.38. The van der Waals surface area contributed by atoms with E-state index >= 15 is 0 Å². The molecule has 2 N–H and O–H groups in total. The van der Waals surface area contributed by atoms with Crippen LogP contribution in [0.2, 0.25) is 0 Å². The molecule has 31 heavy (non-hydrogen) atoms. The number of nitrogens with zero attached hydrogens (tertiary/aromatic N) is 2. The van der Waals surface area contributed by atoms with Gasteiger partial charge in [0.15, 0.2) is 23.9 Å². The van der Waals surface area contributed by atoms with Crippen LogP contribution in [0, 0.1) is 0 Å². The SMILES string of the molecule is CCOc1ccc(CN(C)C(=O)CO/N=C(/N)c2ccc(OC(F)F)c(OC)c2)cc1. The van der Waals surface area contributed by atoms with Crippen LogP contribution in [0.5, 0.6) is 17.2 Å². The van der Waals surface area contributed by atoms with E-state index in [0.717, 1.165) is 11.3 Å². The normalized spacial score (nSPS) is 11.2. The number of methoxy groups -OCH3 is 1. The maximum atomic E-state index is 12.4. The number of likely N-dealkylation sites (N-methyl/N-ethyl adjacent to an activating group) is 1. The van der Waals surface area contributed by atoms with Crippen LogP contribution in [-0.4, -0.2) is 50.6 Å². The van der Waals surface area contributed by atoms with Crippen molar-refractivity contribution in [1.29, 1.82) is 0 Å². The molecule has 2 aromatic carbocycles. The standard InChI is InChI=1S/C21H25F2N3O5/c1-4-29-16-8-5-14(6-9-16)12-26(2)19(27)13-30-25-20(24)15-7-10-17(31-21(22)23)18(11-15)28-3/h5-11,21H,4,12-13H2,1-3H3,(H2,24,25). The van der Waals surface area contributed by atoms with Gasteiger partial charge in [-0.15, -0.1) is 0 Å². The first-order valence-electron chi connectivity index (χ1n) is 9.38. The molecule has 0 saturated heterocycles. The zero-order valence-corrected chi connectivity index (χ0v) is 17.5. The van der Waals surface area contributed by atoms with Crippen molar-refractivity contribution in [2.24, 2.45) is 10.9 Å². The number of nitrogens with two attached hydrogens (primary N) is 1. The van der Waals surface area contributed by atoms with Crippen molar-refractivity contribution in [2.45, 2.75) is 20.1 Å². The number of halogens is 2. The van der Waals surface area contributed by atoms with Gasteiger partial charge in [0.2, 0.25) is 0 Å². The fourth-order valence-electron chi connectivity index (χ4n) is 2.56. The van der Waals surface area contributed by atoms with E-state index in [1.54, 1.807) is 7.05 Å². The molecule has 0 atom stereocenters. The van der Waals surface area contributed by atoms with E-state index in [1.807, 2.05) is 31.2 Å². The third-order valence-corrected chi connectivity index (χ3v) is 4.11. The molecule has 0 aliphatic rings. The Balaban J connectivity index is 1.90. The minimum atomic E-state index is -2.99. The fraction of sp³-hybridized carbons (Fsp3) is 0.333. The van der Waals surface area contributed by atoms with Crippen molar-refractivity contribution in [2.75, 3.05) is 27.4 Å². The Hall–Kier alpha value is -3.56. The van der Waals surface area contributed by atoms with E-state index in [1.165, 1.54) is 30.2 Å². The van der Waals surface area contributed by atoms with Gasteiger partial charge in [0.1, 0.15) is 5.75 Å². The lowest BCUT2D eigenvalue weighted by Crippen LogP contribution is -2.29. The Kier molecular flexibility index (Phi) is 8.86. The first-order chi connectivity index (χ1) is 14.8. The molecule has 0 radical (unpaired) electrons. The summed E-state index contributed by atoms with van der Waals surface area (Å²) < 4.78 is 39.6. The van der Waals surface area contributed by atoms with Crippen LogP contribution in [0.1, 0.15) is 18.1 Å². The molecular weight excluding hydrogens is 412 g/mol. The summed E-state index contributed by atoms with van der Waals surface area (Å²) in [6.45, 7) is -0.434. The summed E-state index contributed by atoms with van der Waals surface area (Å²) in [4.78, 5) is 18.8. The molecule has 1 amide bonds. The number of benzene rings is 2. The molecule has 0 heterocycles. The van der Waals surface area contributed by atoms with Gasteiger partial charge < -0.3 is 29.7 Å². The lowest BCUT2D eigenvalue weighted by molar-refractivity contribution is -0.135. The maximum Gasteiger partial charge on any atom is 0.387 e. The number of amidine groups is 1. The van der Waals surface area contributed by atoms with Gasteiger partial charge in [0.05, 0.1) is 13.7 Å². The van der Waals surface area contributed by atoms with Crippen molar-refractivity contribution < 1.29 is 32.6 Å². The molecule has 0 unspecified atom stereocenters. The highest BCUT2D eigenvalue weighted by Gasteiger charge is 2.13. The molecule has 0 aliphatic carbocycles. The predicted molar refractivity (Wildman–Crippen MR) is 110 cm³/mol. The summed E-state index contributed by atoms with van der Waals surface area (Å²) >= 11 is 0. The number of carbonyl (C=O) groups excluding carboxylic acids is 1. The molecule has 0 bridgehead atoms. The van der Waals surface area contributed by atoms with Gasteiger partial charge in [0.25, 0.3) is 5.91 Å². The van der Waals surface area contributed by atoms with Gasteiger partial charge in [-0.2, -0.15) is 8.78 Å². The number of amides is 1. The number of alkyl halides is 2. The number of hydrogen-bond acceptors (Lipinski definition) is 6. The summed E-state index contributed by atoms with van der Waals surface area (Å²) in [5.74, 6) is 0.328. The molecule has 0 fully saturated rings. The van der Waals surface area contributed by atoms with Crippen LogP contribution in [0.3, 0.4) is 0 Å². The smallest absolute Gasteiger partial charge is 0.387 e. The van der Waals surface area contributed by atoms with Crippen LogP contribution in [0.15, 0.2) is 47.6 Å². The number of ether oxygens (including phenoxy) is 3. The molecule has 8 nitrogen and oxygen atoms in total. The zero-order chi connectivity index (χ0) is 22.8. The number of carbonyl (C=O) groups is 1. The van der Waals surface area contributed by atoms with E-state index in [4.69, 9.17) is 20.0 Å². The van der Waals surface area contributed by atoms with Crippen molar-refractivity contribution in [1.82, 2.24) is 4.90 Å². The van der Waals surface area contributed by atoms with E-state index < -0.39 is 6.61 Å². The van der Waals surface area contributed by atoms with Gasteiger partial charge in [-0.3, -0.25) is 4.79 Å². The third kappa shape index (κ3) is 7.32. The van der Waals surface area contributed by atoms with Crippen molar-refractivity contribution in [3.8, 4) is 17.2 Å². The Morgan fingerprint density at radius 3 is 2.48 bits per heavy atom. The largest absolute Gasteiger partial charge is 0.494 e. The fourth-order valence-corrected chi connectivity index (χ4v) is 2.56. The van der Waals surface area contributed by atoms with Crippen molar-refractivity contribution in [3.63, 3.8) is 0 Å². The molecule has 168 valence electrons. The van der Waals surface area contributed by atoms with Gasteiger partial charge in [0, 0.05) is 19.2 Å². The average Bonchev–Trinajstić information content (AvgIpc) is 2.75. The quantitative estimate of drug-likeness (QED) is 0.330. The summed E-state index contributed by atoms with van der Waals surface area (Å²) in [5.41, 5.74) is 7.12. The third-order valence-electron chi connectivity index (χ3n) is 4.11. The molecule has 10 heteroatoms. The Morgan fingerprint density at radius 1 is 1.16 bits per heavy atom. The van der Waals surface area contributed by atoms with Gasteiger partial charge in [-0.1, -0.05) is 17.3 Å². The van der Waals surface area contributed by atoms with Crippen LogP contribution in [0.4, 0.5) is 8.78 Å². The molecule has 2 rings (SSSR count). The molecule has 0 saturated carbocycles. The van der Waals surface area contributed by atoms with Gasteiger partial charge in [-0.05, 0) is 42.8 Å². The number of oxime groups is 1. The number of hydrogen-bond donors (Lipinski definition) is 1. The van der Waals surface area contributed by atoms with E-state index in [0.29, 0.717) is 18.7 Å².